The van der Waals surface area contributed by atoms with Gasteiger partial charge in [0.25, 0.3) is 0 Å². The molecule has 12 heteroatoms. The van der Waals surface area contributed by atoms with Crippen molar-refractivity contribution in [3.63, 3.8) is 0 Å². The van der Waals surface area contributed by atoms with E-state index in [9.17, 15) is 8.78 Å². The van der Waals surface area contributed by atoms with E-state index >= 15 is 0 Å². The van der Waals surface area contributed by atoms with E-state index in [2.05, 4.69) is 30.1 Å². The number of alkyl halides is 2. The van der Waals surface area contributed by atoms with Crippen molar-refractivity contribution >= 4 is 44.0 Å². The number of hydrogen-bond acceptors (Lipinski definition) is 9. The second-order valence-electron chi connectivity index (χ2n) is 8.77. The molecule has 1 saturated heterocycles. The molecule has 6 rings (SSSR count). The molecular formula is C25H22F2N6O3S. The van der Waals surface area contributed by atoms with Gasteiger partial charge in [0.15, 0.2) is 0 Å². The number of ether oxygens (including phenoxy) is 3. The summed E-state index contributed by atoms with van der Waals surface area (Å²) in [5.41, 5.74) is 5.13. The minimum atomic E-state index is -3.00. The van der Waals surface area contributed by atoms with Gasteiger partial charge in [-0.05, 0) is 42.8 Å². The van der Waals surface area contributed by atoms with Crippen LogP contribution in [0.15, 0.2) is 48.4 Å². The largest absolute Gasteiger partial charge is 0.489 e. The molecule has 1 aliphatic rings. The third kappa shape index (κ3) is 4.65. The number of nitrogens with one attached hydrogen (secondary N) is 1. The lowest BCUT2D eigenvalue weighted by molar-refractivity contribution is -0.0773. The minimum Gasteiger partial charge on any atom is -0.489 e. The zero-order valence-electron chi connectivity index (χ0n) is 19.9. The Balaban J connectivity index is 1.46. The first-order chi connectivity index (χ1) is 17.9. The predicted octanol–water partition coefficient (Wildman–Crippen LogP) is 5.40. The summed E-state index contributed by atoms with van der Waals surface area (Å²) in [5.74, 6) is 1.14. The lowest BCUT2D eigenvalue weighted by atomic mass is 10.0. The number of hydrogen-bond donors (Lipinski definition) is 1. The van der Waals surface area contributed by atoms with Gasteiger partial charge in [0.05, 0.1) is 45.4 Å². The lowest BCUT2D eigenvalue weighted by Gasteiger charge is -2.32. The smallest absolute Gasteiger partial charge is 0.388 e. The summed E-state index contributed by atoms with van der Waals surface area (Å²) < 4.78 is 45.0. The van der Waals surface area contributed by atoms with Crippen LogP contribution in [0.2, 0.25) is 0 Å². The maximum atomic E-state index is 13.1. The van der Waals surface area contributed by atoms with E-state index < -0.39 is 6.61 Å². The van der Waals surface area contributed by atoms with E-state index in [1.165, 1.54) is 11.0 Å². The summed E-state index contributed by atoms with van der Waals surface area (Å²) >= 11 is 1.55. The molecule has 0 amide bonds. The van der Waals surface area contributed by atoms with Gasteiger partial charge < -0.3 is 19.5 Å². The normalized spacial score (nSPS) is 14.7. The van der Waals surface area contributed by atoms with Gasteiger partial charge in [0.1, 0.15) is 24.0 Å². The van der Waals surface area contributed by atoms with E-state index in [4.69, 9.17) is 9.47 Å². The van der Waals surface area contributed by atoms with Gasteiger partial charge in [0, 0.05) is 24.8 Å². The molecule has 5 aromatic rings. The van der Waals surface area contributed by atoms with Crippen LogP contribution >= 0.6 is 11.3 Å². The van der Waals surface area contributed by atoms with E-state index in [1.807, 2.05) is 25.1 Å². The number of rotatable bonds is 8. The molecule has 0 aliphatic carbocycles. The van der Waals surface area contributed by atoms with Crippen molar-refractivity contribution in [1.82, 2.24) is 24.7 Å². The van der Waals surface area contributed by atoms with E-state index in [-0.39, 0.29) is 17.9 Å². The molecule has 1 N–H and O–H groups in total. The molecule has 4 heterocycles. The van der Waals surface area contributed by atoms with Crippen molar-refractivity contribution in [2.75, 3.05) is 18.5 Å². The highest BCUT2D eigenvalue weighted by Gasteiger charge is 2.28. The quantitative estimate of drug-likeness (QED) is 0.288. The van der Waals surface area contributed by atoms with Crippen LogP contribution in [0.3, 0.4) is 0 Å². The Morgan fingerprint density at radius 1 is 1.11 bits per heavy atom. The van der Waals surface area contributed by atoms with Crippen LogP contribution in [0.25, 0.3) is 32.2 Å². The second-order valence-corrected chi connectivity index (χ2v) is 9.66. The van der Waals surface area contributed by atoms with Gasteiger partial charge in [-0.1, -0.05) is 0 Å². The lowest BCUT2D eigenvalue weighted by Crippen LogP contribution is -2.39. The van der Waals surface area contributed by atoms with Crippen molar-refractivity contribution in [2.24, 2.45) is 13.0 Å². The van der Waals surface area contributed by atoms with Crippen LogP contribution in [-0.2, 0) is 11.8 Å². The molecule has 2 aromatic carbocycles. The van der Waals surface area contributed by atoms with Crippen LogP contribution in [0.1, 0.15) is 6.92 Å². The van der Waals surface area contributed by atoms with Gasteiger partial charge in [-0.25, -0.2) is 15.0 Å². The second kappa shape index (κ2) is 9.52. The zero-order valence-corrected chi connectivity index (χ0v) is 20.7. The van der Waals surface area contributed by atoms with Crippen LogP contribution in [0, 0.1) is 5.92 Å². The first kappa shape index (κ1) is 23.5. The number of anilines is 2. The molecule has 3 aromatic heterocycles. The summed E-state index contributed by atoms with van der Waals surface area (Å²) in [5, 5.41) is 8.10. The van der Waals surface area contributed by atoms with Crippen LogP contribution in [0.4, 0.5) is 20.3 Å². The Kier molecular flexibility index (Phi) is 6.05. The molecule has 0 spiro atoms. The standard InChI is InChI=1S/C25H22F2N6O3S/c1-13(15-9-34-10-15)35-20-6-14(17-8-33(2)32-24(17)36-25(26)27)5-19-22(20)23(29-11-28-19)31-16-3-4-18-21(7-16)37-12-30-18/h3-8,11-13,15,25H,9-10H2,1-2H3,(H,28,29,31)/t13-/m1/s1. The topological polar surface area (TPSA) is 96.2 Å². The molecule has 9 nitrogen and oxygen atoms in total. The van der Waals surface area contributed by atoms with Gasteiger partial charge in [0.2, 0.25) is 5.88 Å². The van der Waals surface area contributed by atoms with Gasteiger partial charge in [-0.2, -0.15) is 8.78 Å². The summed E-state index contributed by atoms with van der Waals surface area (Å²) in [6.45, 7) is 0.210. The van der Waals surface area contributed by atoms with Crippen molar-refractivity contribution in [1.29, 1.82) is 0 Å². The fourth-order valence-electron chi connectivity index (χ4n) is 4.23. The first-order valence-electron chi connectivity index (χ1n) is 11.6. The monoisotopic (exact) mass is 524 g/mol. The highest BCUT2D eigenvalue weighted by molar-refractivity contribution is 7.16. The van der Waals surface area contributed by atoms with Crippen molar-refractivity contribution in [3.05, 3.63) is 48.4 Å². The van der Waals surface area contributed by atoms with Gasteiger partial charge >= 0.3 is 6.61 Å². The van der Waals surface area contributed by atoms with Crippen LogP contribution in [-0.4, -0.2) is 50.7 Å². The molecule has 1 aliphatic heterocycles. The Morgan fingerprint density at radius 2 is 1.97 bits per heavy atom. The number of nitrogens with zero attached hydrogens (tertiary/aromatic N) is 5. The summed E-state index contributed by atoms with van der Waals surface area (Å²) in [7, 11) is 1.64. The Bertz CT molecular complexity index is 1590. The highest BCUT2D eigenvalue weighted by atomic mass is 32.1. The van der Waals surface area contributed by atoms with Gasteiger partial charge in [-0.15, -0.1) is 16.4 Å². The third-order valence-corrected chi connectivity index (χ3v) is 7.03. The summed E-state index contributed by atoms with van der Waals surface area (Å²) in [6, 6.07) is 9.46. The fourth-order valence-corrected chi connectivity index (χ4v) is 4.94. The average molecular weight is 525 g/mol. The Morgan fingerprint density at radius 3 is 2.76 bits per heavy atom. The van der Waals surface area contributed by atoms with Crippen LogP contribution in [0.5, 0.6) is 11.6 Å². The minimum absolute atomic E-state index is 0.153. The number of halogens is 2. The van der Waals surface area contributed by atoms with E-state index in [0.717, 1.165) is 15.9 Å². The van der Waals surface area contributed by atoms with Gasteiger partial charge in [-0.3, -0.25) is 4.68 Å². The third-order valence-electron chi connectivity index (χ3n) is 6.24. The average Bonchev–Trinajstić information content (AvgIpc) is 3.43. The van der Waals surface area contributed by atoms with Crippen molar-refractivity contribution in [3.8, 4) is 22.8 Å². The molecule has 0 radical (unpaired) electrons. The van der Waals surface area contributed by atoms with E-state index in [0.29, 0.717) is 46.8 Å². The molecule has 1 fully saturated rings. The Hall–Kier alpha value is -3.90. The number of aryl methyl sites for hydroxylation is 1. The summed E-state index contributed by atoms with van der Waals surface area (Å²) in [4.78, 5) is 13.3. The molecule has 190 valence electrons. The number of benzene rings is 2. The molecule has 0 unspecified atom stereocenters. The number of fused-ring (bicyclic) bond motifs is 2. The van der Waals surface area contributed by atoms with Crippen molar-refractivity contribution < 1.29 is 23.0 Å². The predicted molar refractivity (Wildman–Crippen MR) is 136 cm³/mol. The maximum Gasteiger partial charge on any atom is 0.388 e. The molecule has 1 atom stereocenters. The zero-order chi connectivity index (χ0) is 25.5. The fraction of sp³-hybridized carbons (Fsp3) is 0.280. The SMILES string of the molecule is C[C@@H](Oc1cc(-c2cn(C)nc2OC(F)F)cc2ncnc(Nc3ccc4ncsc4c3)c12)C1COC1. The van der Waals surface area contributed by atoms with Crippen molar-refractivity contribution in [2.45, 2.75) is 19.6 Å². The highest BCUT2D eigenvalue weighted by Crippen LogP contribution is 2.40. The molecule has 37 heavy (non-hydrogen) atoms. The Labute approximate surface area is 214 Å². The van der Waals surface area contributed by atoms with E-state index in [1.54, 1.807) is 42.2 Å². The van der Waals surface area contributed by atoms with Crippen LogP contribution < -0.4 is 14.8 Å². The molecular weight excluding hydrogens is 502 g/mol. The molecule has 0 saturated carbocycles. The number of aromatic nitrogens is 5. The molecule has 0 bridgehead atoms. The summed E-state index contributed by atoms with van der Waals surface area (Å²) in [6.07, 6.45) is 2.92. The maximum absolute atomic E-state index is 13.1. The number of thiazole rings is 1. The first-order valence-corrected chi connectivity index (χ1v) is 12.4.